The Kier molecular flexibility index (Phi) is 4.31. The number of halogens is 4. The van der Waals surface area contributed by atoms with E-state index in [1.54, 1.807) is 13.8 Å². The number of benzene rings is 1. The van der Waals surface area contributed by atoms with Crippen molar-refractivity contribution in [1.82, 2.24) is 4.90 Å². The fourth-order valence-electron chi connectivity index (χ4n) is 2.80. The summed E-state index contributed by atoms with van der Waals surface area (Å²) in [5, 5.41) is 10.5. The summed E-state index contributed by atoms with van der Waals surface area (Å²) in [5.41, 5.74) is -1.95. The van der Waals surface area contributed by atoms with E-state index in [1.807, 2.05) is 4.90 Å². The number of aliphatic hydroxyl groups excluding tert-OH is 1. The third kappa shape index (κ3) is 3.21. The zero-order valence-corrected chi connectivity index (χ0v) is 12.0. The van der Waals surface area contributed by atoms with Crippen LogP contribution in [0.25, 0.3) is 0 Å². The van der Waals surface area contributed by atoms with Gasteiger partial charge in [0.25, 0.3) is 0 Å². The molecule has 1 aliphatic rings. The van der Waals surface area contributed by atoms with Gasteiger partial charge in [-0.1, -0.05) is 6.07 Å². The summed E-state index contributed by atoms with van der Waals surface area (Å²) in [7, 11) is 0. The topological polar surface area (TPSA) is 23.5 Å². The van der Waals surface area contributed by atoms with Crippen LogP contribution in [0.4, 0.5) is 17.6 Å². The SMILES string of the molecule is CC(C)(C(O)c1ccc(F)c(C(F)(F)F)c1)N1CCCC1. The van der Waals surface area contributed by atoms with Gasteiger partial charge in [0.1, 0.15) is 5.82 Å². The zero-order chi connectivity index (χ0) is 15.8. The van der Waals surface area contributed by atoms with E-state index in [-0.39, 0.29) is 5.56 Å². The van der Waals surface area contributed by atoms with Gasteiger partial charge in [-0.2, -0.15) is 13.2 Å². The smallest absolute Gasteiger partial charge is 0.386 e. The monoisotopic (exact) mass is 305 g/mol. The first-order valence-corrected chi connectivity index (χ1v) is 6.94. The van der Waals surface area contributed by atoms with Crippen LogP contribution >= 0.6 is 0 Å². The molecule has 1 unspecified atom stereocenters. The number of nitrogens with zero attached hydrogens (tertiary/aromatic N) is 1. The summed E-state index contributed by atoms with van der Waals surface area (Å²) in [6.45, 7) is 5.19. The second-order valence-corrected chi connectivity index (χ2v) is 5.99. The normalized spacial score (nSPS) is 19.0. The zero-order valence-electron chi connectivity index (χ0n) is 12.0. The summed E-state index contributed by atoms with van der Waals surface area (Å²) in [6, 6.07) is 2.69. The number of hydrogen-bond acceptors (Lipinski definition) is 2. The predicted octanol–water partition coefficient (Wildman–Crippen LogP) is 3.75. The highest BCUT2D eigenvalue weighted by Gasteiger charge is 2.39. The van der Waals surface area contributed by atoms with E-state index in [0.29, 0.717) is 6.07 Å². The van der Waals surface area contributed by atoms with E-state index < -0.39 is 29.2 Å². The van der Waals surface area contributed by atoms with Crippen LogP contribution in [-0.4, -0.2) is 28.6 Å². The fraction of sp³-hybridized carbons (Fsp3) is 0.600. The average molecular weight is 305 g/mol. The molecular weight excluding hydrogens is 286 g/mol. The van der Waals surface area contributed by atoms with Crippen molar-refractivity contribution in [2.45, 2.75) is 44.5 Å². The van der Waals surface area contributed by atoms with Crippen molar-refractivity contribution >= 4 is 0 Å². The Hall–Kier alpha value is -1.14. The Bertz CT molecular complexity index is 507. The van der Waals surface area contributed by atoms with E-state index in [1.165, 1.54) is 6.07 Å². The van der Waals surface area contributed by atoms with Crippen molar-refractivity contribution in [2.24, 2.45) is 0 Å². The molecule has 0 bridgehead atoms. The Morgan fingerprint density at radius 2 is 1.71 bits per heavy atom. The van der Waals surface area contributed by atoms with Crippen molar-refractivity contribution in [3.63, 3.8) is 0 Å². The second kappa shape index (κ2) is 5.57. The second-order valence-electron chi connectivity index (χ2n) is 5.99. The predicted molar refractivity (Wildman–Crippen MR) is 71.2 cm³/mol. The average Bonchev–Trinajstić information content (AvgIpc) is 2.91. The lowest BCUT2D eigenvalue weighted by atomic mass is 9.89. The number of hydrogen-bond donors (Lipinski definition) is 1. The van der Waals surface area contributed by atoms with E-state index in [0.717, 1.165) is 32.0 Å². The van der Waals surface area contributed by atoms with E-state index in [4.69, 9.17) is 0 Å². The molecule has 1 saturated heterocycles. The molecule has 1 fully saturated rings. The van der Waals surface area contributed by atoms with Crippen LogP contribution in [0.15, 0.2) is 18.2 Å². The molecule has 1 heterocycles. The third-order valence-corrected chi connectivity index (χ3v) is 4.20. The van der Waals surface area contributed by atoms with Gasteiger partial charge >= 0.3 is 6.18 Å². The summed E-state index contributed by atoms with van der Waals surface area (Å²) in [5.74, 6) is -1.32. The molecule has 0 radical (unpaired) electrons. The van der Waals surface area contributed by atoms with Gasteiger partial charge in [0.05, 0.1) is 11.7 Å². The van der Waals surface area contributed by atoms with Gasteiger partial charge in [-0.05, 0) is 57.5 Å². The molecule has 0 aromatic heterocycles. The molecular formula is C15H19F4NO. The molecule has 1 atom stereocenters. The van der Waals surface area contributed by atoms with Crippen LogP contribution in [0, 0.1) is 5.82 Å². The number of alkyl halides is 3. The number of likely N-dealkylation sites (tertiary alicyclic amines) is 1. The highest BCUT2D eigenvalue weighted by Crippen LogP contribution is 2.37. The van der Waals surface area contributed by atoms with Gasteiger partial charge in [0, 0.05) is 5.54 Å². The molecule has 1 aromatic carbocycles. The van der Waals surface area contributed by atoms with Gasteiger partial charge in [0.2, 0.25) is 0 Å². The summed E-state index contributed by atoms with van der Waals surface area (Å²) >= 11 is 0. The summed E-state index contributed by atoms with van der Waals surface area (Å²) in [4.78, 5) is 2.05. The van der Waals surface area contributed by atoms with Crippen molar-refractivity contribution in [3.05, 3.63) is 35.1 Å². The van der Waals surface area contributed by atoms with Crippen molar-refractivity contribution < 1.29 is 22.7 Å². The lowest BCUT2D eigenvalue weighted by Gasteiger charge is -2.39. The van der Waals surface area contributed by atoms with Crippen LogP contribution in [0.3, 0.4) is 0 Å². The minimum atomic E-state index is -4.77. The molecule has 1 aromatic rings. The van der Waals surface area contributed by atoms with E-state index >= 15 is 0 Å². The molecule has 0 aliphatic carbocycles. The van der Waals surface area contributed by atoms with Gasteiger partial charge in [-0.25, -0.2) is 4.39 Å². The van der Waals surface area contributed by atoms with Crippen LogP contribution in [0.1, 0.15) is 43.9 Å². The maximum Gasteiger partial charge on any atom is 0.419 e. The molecule has 0 amide bonds. The Balaban J connectivity index is 2.33. The maximum atomic E-state index is 13.3. The molecule has 0 spiro atoms. The molecule has 2 nitrogen and oxygen atoms in total. The largest absolute Gasteiger partial charge is 0.419 e. The fourth-order valence-corrected chi connectivity index (χ4v) is 2.80. The van der Waals surface area contributed by atoms with Gasteiger partial charge < -0.3 is 5.11 Å². The molecule has 0 saturated carbocycles. The lowest BCUT2D eigenvalue weighted by molar-refractivity contribution is -0.140. The van der Waals surface area contributed by atoms with Crippen LogP contribution in [-0.2, 0) is 6.18 Å². The van der Waals surface area contributed by atoms with Crippen molar-refractivity contribution in [1.29, 1.82) is 0 Å². The third-order valence-electron chi connectivity index (χ3n) is 4.20. The van der Waals surface area contributed by atoms with E-state index in [2.05, 4.69) is 0 Å². The first-order chi connectivity index (χ1) is 9.64. The van der Waals surface area contributed by atoms with Crippen LogP contribution in [0.5, 0.6) is 0 Å². The maximum absolute atomic E-state index is 13.3. The molecule has 118 valence electrons. The van der Waals surface area contributed by atoms with Crippen LogP contribution < -0.4 is 0 Å². The van der Waals surface area contributed by atoms with E-state index in [9.17, 15) is 22.7 Å². The quantitative estimate of drug-likeness (QED) is 0.860. The number of aliphatic hydroxyl groups is 1. The first kappa shape index (κ1) is 16.2. The standard InChI is InChI=1S/C15H19F4NO/c1-14(2,20-7-3-4-8-20)13(21)10-5-6-12(16)11(9-10)15(17,18)19/h5-6,9,13,21H,3-4,7-8H2,1-2H3. The summed E-state index contributed by atoms with van der Waals surface area (Å²) < 4.78 is 51.6. The van der Waals surface area contributed by atoms with Gasteiger partial charge in [-0.3, -0.25) is 4.90 Å². The first-order valence-electron chi connectivity index (χ1n) is 6.94. The molecule has 21 heavy (non-hydrogen) atoms. The van der Waals surface area contributed by atoms with Crippen molar-refractivity contribution in [2.75, 3.05) is 13.1 Å². The minimum Gasteiger partial charge on any atom is -0.386 e. The molecule has 1 aliphatic heterocycles. The Labute approximate surface area is 121 Å². The Morgan fingerprint density at radius 3 is 2.24 bits per heavy atom. The minimum absolute atomic E-state index is 0.0839. The summed E-state index contributed by atoms with van der Waals surface area (Å²) in [6.07, 6.45) is -3.87. The molecule has 6 heteroatoms. The van der Waals surface area contributed by atoms with Gasteiger partial charge in [0.15, 0.2) is 0 Å². The highest BCUT2D eigenvalue weighted by molar-refractivity contribution is 5.30. The van der Waals surface area contributed by atoms with Crippen LogP contribution in [0.2, 0.25) is 0 Å². The molecule has 1 N–H and O–H groups in total. The lowest BCUT2D eigenvalue weighted by Crippen LogP contribution is -2.46. The van der Waals surface area contributed by atoms with Gasteiger partial charge in [-0.15, -0.1) is 0 Å². The Morgan fingerprint density at radius 1 is 1.14 bits per heavy atom. The number of rotatable bonds is 3. The highest BCUT2D eigenvalue weighted by atomic mass is 19.4. The molecule has 2 rings (SSSR count). The van der Waals surface area contributed by atoms with Crippen molar-refractivity contribution in [3.8, 4) is 0 Å².